The maximum absolute atomic E-state index is 13.0. The van der Waals surface area contributed by atoms with Crippen LogP contribution in [0.4, 0.5) is 5.82 Å². The molecule has 1 atom stereocenters. The van der Waals surface area contributed by atoms with Gasteiger partial charge < -0.3 is 10.4 Å². The number of hydrogen-bond donors (Lipinski definition) is 3. The molecule has 2 aromatic heterocycles. The summed E-state index contributed by atoms with van der Waals surface area (Å²) in [6.45, 7) is 1.58. The number of hydrogen-bond acceptors (Lipinski definition) is 5. The lowest BCUT2D eigenvalue weighted by Crippen LogP contribution is -2.39. The molecule has 9 nitrogen and oxygen atoms in total. The van der Waals surface area contributed by atoms with E-state index in [1.54, 1.807) is 6.92 Å². The molecule has 0 spiro atoms. The van der Waals surface area contributed by atoms with Gasteiger partial charge in [0.1, 0.15) is 11.9 Å². The monoisotopic (exact) mass is 400 g/mol. The van der Waals surface area contributed by atoms with Crippen molar-refractivity contribution in [1.82, 2.24) is 14.5 Å². The van der Waals surface area contributed by atoms with Gasteiger partial charge in [-0.3, -0.25) is 19.1 Å². The Hall–Kier alpha value is -3.23. The fraction of sp³-hybridized carbons (Fsp3) is 0.450. The Bertz CT molecular complexity index is 1000. The lowest BCUT2D eigenvalue weighted by atomic mass is 9.84. The molecule has 0 saturated heterocycles. The molecule has 1 aliphatic rings. The molecule has 0 aliphatic heterocycles. The van der Waals surface area contributed by atoms with Gasteiger partial charge in [0.2, 0.25) is 5.91 Å². The van der Waals surface area contributed by atoms with E-state index in [1.165, 1.54) is 29.3 Å². The highest BCUT2D eigenvalue weighted by Gasteiger charge is 2.27. The molecule has 2 heterocycles. The summed E-state index contributed by atoms with van der Waals surface area (Å²) in [5, 5.41) is 11.6. The Morgan fingerprint density at radius 3 is 2.62 bits per heavy atom. The quantitative estimate of drug-likeness (QED) is 0.680. The number of carbonyl (C=O) groups is 2. The van der Waals surface area contributed by atoms with Crippen molar-refractivity contribution in [2.75, 3.05) is 5.32 Å². The van der Waals surface area contributed by atoms with Crippen LogP contribution in [0.25, 0.3) is 0 Å². The molecule has 9 heteroatoms. The van der Waals surface area contributed by atoms with Crippen LogP contribution >= 0.6 is 0 Å². The molecule has 29 heavy (non-hydrogen) atoms. The molecule has 0 aromatic carbocycles. The van der Waals surface area contributed by atoms with Crippen molar-refractivity contribution in [2.24, 2.45) is 5.92 Å². The first-order valence-electron chi connectivity index (χ1n) is 9.67. The molecular weight excluding hydrogens is 376 g/mol. The lowest BCUT2D eigenvalue weighted by molar-refractivity contribution is -0.120. The van der Waals surface area contributed by atoms with Crippen LogP contribution < -0.4 is 16.6 Å². The molecule has 1 aliphatic carbocycles. The van der Waals surface area contributed by atoms with Gasteiger partial charge in [-0.25, -0.2) is 14.6 Å². The summed E-state index contributed by atoms with van der Waals surface area (Å²) in [7, 11) is 0. The van der Waals surface area contributed by atoms with Crippen LogP contribution in [-0.4, -0.2) is 31.5 Å². The summed E-state index contributed by atoms with van der Waals surface area (Å²) in [6.07, 6.45) is 8.39. The minimum Gasteiger partial charge on any atom is -0.478 e. The largest absolute Gasteiger partial charge is 0.478 e. The molecule has 1 fully saturated rings. The zero-order valence-corrected chi connectivity index (χ0v) is 16.2. The van der Waals surface area contributed by atoms with Crippen LogP contribution in [0.5, 0.6) is 0 Å². The predicted octanol–water partition coefficient (Wildman–Crippen LogP) is 2.09. The molecule has 3 rings (SSSR count). The number of nitrogens with zero attached hydrogens (tertiary/aromatic N) is 2. The third kappa shape index (κ3) is 4.98. The normalized spacial score (nSPS) is 15.6. The van der Waals surface area contributed by atoms with Crippen molar-refractivity contribution in [3.8, 4) is 0 Å². The summed E-state index contributed by atoms with van der Waals surface area (Å²) in [5.41, 5.74) is -0.760. The van der Waals surface area contributed by atoms with E-state index in [0.717, 1.165) is 31.9 Å². The van der Waals surface area contributed by atoms with E-state index < -0.39 is 29.2 Å². The smallest absolute Gasteiger partial charge is 0.337 e. The van der Waals surface area contributed by atoms with Crippen LogP contribution in [-0.2, 0) is 4.79 Å². The first-order valence-corrected chi connectivity index (χ1v) is 9.67. The van der Waals surface area contributed by atoms with Crippen molar-refractivity contribution in [3.63, 3.8) is 0 Å². The van der Waals surface area contributed by atoms with Crippen LogP contribution in [0.2, 0.25) is 0 Å². The van der Waals surface area contributed by atoms with E-state index in [2.05, 4.69) is 15.3 Å². The standard InChI is InChI=1S/C20H24N4O5/c1-12-11-24(20(29)23-17(12)25)15(9-13-5-3-2-4-6-13)18(26)22-16-8-7-14(10-21-16)19(27)28/h7-8,10-11,13,15H,2-6,9H2,1H3,(H,27,28)(H,21,22,26)(H,23,25,29). The van der Waals surface area contributed by atoms with Gasteiger partial charge in [-0.2, -0.15) is 0 Å². The number of carboxylic acid groups (broad SMARTS) is 1. The molecule has 0 bridgehead atoms. The van der Waals surface area contributed by atoms with Crippen molar-refractivity contribution < 1.29 is 14.7 Å². The lowest BCUT2D eigenvalue weighted by Gasteiger charge is -2.27. The number of amides is 1. The highest BCUT2D eigenvalue weighted by molar-refractivity contribution is 5.93. The van der Waals surface area contributed by atoms with Gasteiger partial charge in [-0.1, -0.05) is 32.1 Å². The summed E-state index contributed by atoms with van der Waals surface area (Å²) >= 11 is 0. The molecular formula is C20H24N4O5. The van der Waals surface area contributed by atoms with Gasteiger partial charge in [0, 0.05) is 18.0 Å². The zero-order valence-electron chi connectivity index (χ0n) is 16.2. The average molecular weight is 400 g/mol. The third-order valence-corrected chi connectivity index (χ3v) is 5.33. The van der Waals surface area contributed by atoms with E-state index in [4.69, 9.17) is 5.11 Å². The first kappa shape index (κ1) is 20.5. The molecule has 3 N–H and O–H groups in total. The number of anilines is 1. The highest BCUT2D eigenvalue weighted by Crippen LogP contribution is 2.31. The number of aromatic carboxylic acids is 1. The number of carbonyl (C=O) groups excluding carboxylic acids is 1. The minimum atomic E-state index is -1.11. The number of aromatic nitrogens is 3. The van der Waals surface area contributed by atoms with Crippen molar-refractivity contribution >= 4 is 17.7 Å². The van der Waals surface area contributed by atoms with Gasteiger partial charge in [0.05, 0.1) is 5.56 Å². The molecule has 1 amide bonds. The summed E-state index contributed by atoms with van der Waals surface area (Å²) < 4.78 is 1.27. The number of rotatable bonds is 6. The number of H-pyrrole nitrogens is 1. The summed E-state index contributed by atoms with van der Waals surface area (Å²) in [6, 6.07) is 1.94. The second-order valence-corrected chi connectivity index (χ2v) is 7.46. The Balaban J connectivity index is 1.88. The second-order valence-electron chi connectivity index (χ2n) is 7.46. The fourth-order valence-electron chi connectivity index (χ4n) is 3.71. The Labute approximate surface area is 166 Å². The molecule has 1 unspecified atom stereocenters. The predicted molar refractivity (Wildman–Crippen MR) is 106 cm³/mol. The molecule has 2 aromatic rings. The van der Waals surface area contributed by atoms with E-state index in [-0.39, 0.29) is 11.4 Å². The van der Waals surface area contributed by atoms with Crippen molar-refractivity contribution in [2.45, 2.75) is 51.5 Å². The SMILES string of the molecule is Cc1cn(C(CC2CCCCC2)C(=O)Nc2ccc(C(=O)O)cn2)c(=O)[nH]c1=O. The number of carboxylic acids is 1. The molecule has 1 saturated carbocycles. The second kappa shape index (κ2) is 8.85. The topological polar surface area (TPSA) is 134 Å². The number of aromatic amines is 1. The van der Waals surface area contributed by atoms with Crippen molar-refractivity contribution in [1.29, 1.82) is 0 Å². The highest BCUT2D eigenvalue weighted by atomic mass is 16.4. The van der Waals surface area contributed by atoms with Crippen LogP contribution in [0, 0.1) is 12.8 Å². The van der Waals surface area contributed by atoms with E-state index in [1.807, 2.05) is 0 Å². The zero-order chi connectivity index (χ0) is 21.0. The van der Waals surface area contributed by atoms with Crippen LogP contribution in [0.15, 0.2) is 34.1 Å². The molecule has 154 valence electrons. The maximum atomic E-state index is 13.0. The fourth-order valence-corrected chi connectivity index (χ4v) is 3.71. The Kier molecular flexibility index (Phi) is 6.26. The van der Waals surface area contributed by atoms with Crippen molar-refractivity contribution in [3.05, 3.63) is 56.5 Å². The van der Waals surface area contributed by atoms with Crippen LogP contribution in [0.1, 0.15) is 60.5 Å². The number of nitrogens with one attached hydrogen (secondary N) is 2. The van der Waals surface area contributed by atoms with Gasteiger partial charge in [0.25, 0.3) is 5.56 Å². The van der Waals surface area contributed by atoms with Crippen LogP contribution in [0.3, 0.4) is 0 Å². The maximum Gasteiger partial charge on any atom is 0.337 e. The first-order chi connectivity index (χ1) is 13.8. The van der Waals surface area contributed by atoms with E-state index in [9.17, 15) is 19.2 Å². The van der Waals surface area contributed by atoms with E-state index >= 15 is 0 Å². The third-order valence-electron chi connectivity index (χ3n) is 5.33. The Morgan fingerprint density at radius 1 is 1.28 bits per heavy atom. The van der Waals surface area contributed by atoms with E-state index in [0.29, 0.717) is 17.9 Å². The van der Waals surface area contributed by atoms with Gasteiger partial charge in [-0.15, -0.1) is 0 Å². The van der Waals surface area contributed by atoms with Gasteiger partial charge in [-0.05, 0) is 31.4 Å². The number of aryl methyl sites for hydroxylation is 1. The molecule has 0 radical (unpaired) electrons. The van der Waals surface area contributed by atoms with Gasteiger partial charge in [0.15, 0.2) is 0 Å². The van der Waals surface area contributed by atoms with Gasteiger partial charge >= 0.3 is 11.7 Å². The number of pyridine rings is 1. The Morgan fingerprint density at radius 2 is 2.00 bits per heavy atom. The minimum absolute atomic E-state index is 0.00855. The summed E-state index contributed by atoms with van der Waals surface area (Å²) in [5.74, 6) is -1.04. The summed E-state index contributed by atoms with van der Waals surface area (Å²) in [4.78, 5) is 54.3. The average Bonchev–Trinajstić information content (AvgIpc) is 2.70.